The highest BCUT2D eigenvalue weighted by Gasteiger charge is 2.32. The van der Waals surface area contributed by atoms with Gasteiger partial charge in [0.05, 0.1) is 0 Å². The van der Waals surface area contributed by atoms with Crippen LogP contribution in [-0.2, 0) is 10.4 Å². The average Bonchev–Trinajstić information content (AvgIpc) is 1.91. The van der Waals surface area contributed by atoms with E-state index in [2.05, 4.69) is 48.5 Å². The minimum absolute atomic E-state index is 0.157. The van der Waals surface area contributed by atoms with Gasteiger partial charge >= 0.3 is 10.4 Å². The van der Waals surface area contributed by atoms with Crippen molar-refractivity contribution in [2.75, 3.05) is 6.16 Å². The molecule has 0 heterocycles. The highest BCUT2D eigenvalue weighted by atomic mass is 32.3. The first-order valence-electron chi connectivity index (χ1n) is 5.67. The van der Waals surface area contributed by atoms with Gasteiger partial charge in [0, 0.05) is 0 Å². The molecule has 0 bridgehead atoms. The largest absolute Gasteiger partial charge is 0.394 e. The topological polar surface area (TPSA) is 74.6 Å². The third-order valence-electron chi connectivity index (χ3n) is 2.07. The molecule has 0 spiro atoms. The first-order valence-corrected chi connectivity index (χ1v) is 8.59. The van der Waals surface area contributed by atoms with Crippen molar-refractivity contribution in [3.05, 3.63) is 0 Å². The van der Waals surface area contributed by atoms with Crippen LogP contribution >= 0.6 is 7.92 Å². The Labute approximate surface area is 108 Å². The molecule has 0 rings (SSSR count). The van der Waals surface area contributed by atoms with Gasteiger partial charge < -0.3 is 0 Å². The van der Waals surface area contributed by atoms with Crippen LogP contribution < -0.4 is 0 Å². The van der Waals surface area contributed by atoms with Gasteiger partial charge in [-0.25, -0.2) is 0 Å². The van der Waals surface area contributed by atoms with Gasteiger partial charge in [-0.1, -0.05) is 62.8 Å². The summed E-state index contributed by atoms with van der Waals surface area (Å²) in [4.78, 5) is 0. The molecule has 17 heavy (non-hydrogen) atoms. The molecular weight excluding hydrogens is 259 g/mol. The van der Waals surface area contributed by atoms with E-state index in [0.717, 1.165) is 0 Å². The maximum atomic E-state index is 8.74. The molecule has 0 aliphatic rings. The summed E-state index contributed by atoms with van der Waals surface area (Å²) in [7, 11) is -4.51. The Morgan fingerprint density at radius 3 is 1.24 bits per heavy atom. The fourth-order valence-electron chi connectivity index (χ4n) is 1.90. The van der Waals surface area contributed by atoms with Crippen molar-refractivity contribution in [3.8, 4) is 0 Å². The van der Waals surface area contributed by atoms with Crippen LogP contribution in [-0.4, -0.2) is 34.0 Å². The number of rotatable bonds is 2. The molecule has 2 N–H and O–H groups in total. The lowest BCUT2D eigenvalue weighted by Crippen LogP contribution is -2.26. The molecule has 0 unspecified atom stereocenters. The zero-order chi connectivity index (χ0) is 14.5. The zero-order valence-corrected chi connectivity index (χ0v) is 13.7. The fourth-order valence-corrected chi connectivity index (χ4v) is 5.70. The van der Waals surface area contributed by atoms with Crippen molar-refractivity contribution >= 4 is 18.3 Å². The first kappa shape index (κ1) is 19.6. The van der Waals surface area contributed by atoms with E-state index in [1.54, 1.807) is 0 Å². The number of hydrogen-bond donors (Lipinski definition) is 2. The van der Waals surface area contributed by atoms with Crippen molar-refractivity contribution in [1.82, 2.24) is 0 Å². The van der Waals surface area contributed by atoms with Crippen LogP contribution in [0.3, 0.4) is 0 Å². The van der Waals surface area contributed by atoms with Crippen LogP contribution in [0.25, 0.3) is 0 Å². The SMILES string of the molecule is CCCP(C(C)(C)C)C(C)(C)C.O=S(=O)(O)O. The van der Waals surface area contributed by atoms with Crippen LogP contribution in [0.2, 0.25) is 0 Å². The second-order valence-corrected chi connectivity index (χ2v) is 10.8. The second-order valence-electron chi connectivity index (χ2n) is 5.94. The van der Waals surface area contributed by atoms with Crippen LogP contribution in [0, 0.1) is 0 Å². The Kier molecular flexibility index (Phi) is 8.12. The molecule has 0 amide bonds. The molecule has 4 nitrogen and oxygen atoms in total. The molecule has 0 aromatic rings. The van der Waals surface area contributed by atoms with Crippen molar-refractivity contribution < 1.29 is 17.5 Å². The molecular formula is C11H27O4PS. The Balaban J connectivity index is 0. The monoisotopic (exact) mass is 286 g/mol. The summed E-state index contributed by atoms with van der Waals surface area (Å²) in [5, 5.41) is 1.03. The standard InChI is InChI=1S/C11H25P.H2O4S/c1-8-9-12(10(2,3)4)11(5,6)7;1-5(2,3)4/h8-9H2,1-7H3;(H2,1,2,3,4). The molecule has 0 aromatic carbocycles. The summed E-state index contributed by atoms with van der Waals surface area (Å²) in [5.74, 6) is 0. The maximum absolute atomic E-state index is 8.74. The van der Waals surface area contributed by atoms with Gasteiger partial charge in [-0.3, -0.25) is 9.11 Å². The minimum atomic E-state index is -4.67. The van der Waals surface area contributed by atoms with E-state index >= 15 is 0 Å². The van der Waals surface area contributed by atoms with Crippen LogP contribution in [0.1, 0.15) is 54.9 Å². The molecule has 0 fully saturated rings. The van der Waals surface area contributed by atoms with Crippen molar-refractivity contribution in [2.45, 2.75) is 65.2 Å². The summed E-state index contributed by atoms with van der Waals surface area (Å²) >= 11 is 0. The summed E-state index contributed by atoms with van der Waals surface area (Å²) in [6, 6.07) is 0. The molecule has 0 saturated heterocycles. The van der Waals surface area contributed by atoms with E-state index in [4.69, 9.17) is 17.5 Å². The van der Waals surface area contributed by atoms with Crippen LogP contribution in [0.5, 0.6) is 0 Å². The van der Waals surface area contributed by atoms with Crippen molar-refractivity contribution in [2.24, 2.45) is 0 Å². The fraction of sp³-hybridized carbons (Fsp3) is 1.00. The molecule has 106 valence electrons. The van der Waals surface area contributed by atoms with Gasteiger partial charge in [-0.2, -0.15) is 8.42 Å². The lowest BCUT2D eigenvalue weighted by atomic mass is 10.2. The van der Waals surface area contributed by atoms with E-state index in [-0.39, 0.29) is 7.92 Å². The summed E-state index contributed by atoms with van der Waals surface area (Å²) in [6.07, 6.45) is 2.75. The lowest BCUT2D eigenvalue weighted by molar-refractivity contribution is 0.381. The second kappa shape index (κ2) is 7.03. The summed E-state index contributed by atoms with van der Waals surface area (Å²) < 4.78 is 31.6. The third kappa shape index (κ3) is 14.2. The Morgan fingerprint density at radius 2 is 1.18 bits per heavy atom. The molecule has 0 aromatic heterocycles. The molecule has 0 radical (unpaired) electrons. The van der Waals surface area contributed by atoms with Gasteiger partial charge in [-0.05, 0) is 16.5 Å². The quantitative estimate of drug-likeness (QED) is 0.597. The summed E-state index contributed by atoms with van der Waals surface area (Å²) in [6.45, 7) is 16.6. The zero-order valence-electron chi connectivity index (χ0n) is 12.0. The highest BCUT2D eigenvalue weighted by Crippen LogP contribution is 2.59. The lowest BCUT2D eigenvalue weighted by Gasteiger charge is -2.41. The maximum Gasteiger partial charge on any atom is 0.394 e. The normalized spacial score (nSPS) is 13.3. The molecule has 0 aliphatic heterocycles. The Morgan fingerprint density at radius 1 is 0.941 bits per heavy atom. The van der Waals surface area contributed by atoms with Gasteiger partial charge in [0.2, 0.25) is 0 Å². The van der Waals surface area contributed by atoms with E-state index in [0.29, 0.717) is 10.3 Å². The van der Waals surface area contributed by atoms with Crippen LogP contribution in [0.4, 0.5) is 0 Å². The number of hydrogen-bond acceptors (Lipinski definition) is 2. The van der Waals surface area contributed by atoms with Crippen molar-refractivity contribution in [3.63, 3.8) is 0 Å². The molecule has 0 aliphatic carbocycles. The van der Waals surface area contributed by atoms with Gasteiger partial charge in [-0.15, -0.1) is 0 Å². The van der Waals surface area contributed by atoms with Crippen molar-refractivity contribution in [1.29, 1.82) is 0 Å². The molecule has 0 saturated carbocycles. The van der Waals surface area contributed by atoms with Gasteiger partial charge in [0.15, 0.2) is 0 Å². The third-order valence-corrected chi connectivity index (χ3v) is 6.20. The highest BCUT2D eigenvalue weighted by molar-refractivity contribution is 7.79. The van der Waals surface area contributed by atoms with E-state index < -0.39 is 10.4 Å². The van der Waals surface area contributed by atoms with Crippen LogP contribution in [0.15, 0.2) is 0 Å². The predicted octanol–water partition coefficient (Wildman–Crippen LogP) is 3.82. The van der Waals surface area contributed by atoms with E-state index in [1.807, 2.05) is 0 Å². The smallest absolute Gasteiger partial charge is 0.264 e. The molecule has 6 heteroatoms. The van der Waals surface area contributed by atoms with Gasteiger partial charge in [0.25, 0.3) is 0 Å². The van der Waals surface area contributed by atoms with Gasteiger partial charge in [0.1, 0.15) is 0 Å². The summed E-state index contributed by atoms with van der Waals surface area (Å²) in [5.41, 5.74) is 0. The van der Waals surface area contributed by atoms with E-state index in [9.17, 15) is 0 Å². The first-order chi connectivity index (χ1) is 7.19. The Bertz CT molecular complexity index is 276. The average molecular weight is 286 g/mol. The Hall–Kier alpha value is 0.300. The molecule has 0 atom stereocenters. The predicted molar refractivity (Wildman–Crippen MR) is 75.8 cm³/mol. The van der Waals surface area contributed by atoms with E-state index in [1.165, 1.54) is 12.6 Å². The minimum Gasteiger partial charge on any atom is -0.264 e.